The molecule has 17 nitrogen and oxygen atoms in total. The molecule has 1 aliphatic heterocycles. The number of nitrogens with zero attached hydrogens (tertiary/aromatic N) is 4. The van der Waals surface area contributed by atoms with Crippen LogP contribution < -0.4 is 0 Å². The Labute approximate surface area is 190 Å². The predicted molar refractivity (Wildman–Crippen MR) is 103 cm³/mol. The van der Waals surface area contributed by atoms with Crippen LogP contribution in [0.4, 0.5) is 8.78 Å². The zero-order chi connectivity index (χ0) is 25.4. The highest BCUT2D eigenvalue weighted by atomic mass is 32.1. The summed E-state index contributed by atoms with van der Waals surface area (Å²) in [6, 6.07) is 0. The molecule has 0 radical (unpaired) electrons. The van der Waals surface area contributed by atoms with Crippen LogP contribution in [0, 0.1) is 15.2 Å². The number of alkyl halides is 1. The highest BCUT2D eigenvalue weighted by molar-refractivity contribution is 7.72. The number of halogens is 2. The van der Waals surface area contributed by atoms with E-state index in [4.69, 9.17) is 37.2 Å². The van der Waals surface area contributed by atoms with Crippen molar-refractivity contribution in [2.45, 2.75) is 24.2 Å². The molecule has 0 amide bonds. The van der Waals surface area contributed by atoms with Gasteiger partial charge in [-0.05, 0) is 17.7 Å². The highest BCUT2D eigenvalue weighted by Gasteiger charge is 2.57. The van der Waals surface area contributed by atoms with Crippen molar-refractivity contribution in [1.29, 1.82) is 0 Å². The number of rotatable bonds is 9. The molecule has 2 heterocycles. The molecular formula is C9H12F2N5O12P3S2. The number of phosphoric ester groups is 1. The van der Waals surface area contributed by atoms with E-state index in [1.807, 2.05) is 0 Å². The first-order valence-electron chi connectivity index (χ1n) is 7.77. The maximum absolute atomic E-state index is 14.8. The molecule has 1 fully saturated rings. The maximum atomic E-state index is 14.8. The summed E-state index contributed by atoms with van der Waals surface area (Å²) in [6.45, 7) is -1.53. The van der Waals surface area contributed by atoms with E-state index in [0.717, 1.165) is 0 Å². The highest BCUT2D eigenvalue weighted by Crippen LogP contribution is 2.66. The number of aromatic nitrogens is 2. The molecule has 0 aliphatic carbocycles. The molecule has 33 heavy (non-hydrogen) atoms. The van der Waals surface area contributed by atoms with Gasteiger partial charge in [0.25, 0.3) is 0 Å². The van der Waals surface area contributed by atoms with Gasteiger partial charge in [0.15, 0.2) is 23.0 Å². The van der Waals surface area contributed by atoms with Crippen molar-refractivity contribution >= 4 is 47.9 Å². The standard InChI is InChI=1S/C9H12F2N5O12P3S2/c10-3-1-16(8(33)13-6(3)32)7-4(11)5(17)9(26-7,14-15-12)2-25-30(21,22)28-31(23,24)27-29(18,19)20/h1,4-5,7,17H,2H2,(H,21,22)(H,23,24)(H,13,32,33)(H2,18,19,20)/t4?,5-,7-,9-/m1/s1. The van der Waals surface area contributed by atoms with Gasteiger partial charge in [-0.3, -0.25) is 9.09 Å². The minimum atomic E-state index is -5.89. The minimum absolute atomic E-state index is 0.397. The molecule has 3 unspecified atom stereocenters. The van der Waals surface area contributed by atoms with E-state index in [1.165, 1.54) is 0 Å². The summed E-state index contributed by atoms with van der Waals surface area (Å²) < 4.78 is 78.6. The molecule has 0 spiro atoms. The van der Waals surface area contributed by atoms with E-state index in [2.05, 4.69) is 40.4 Å². The molecule has 6 N–H and O–H groups in total. The van der Waals surface area contributed by atoms with E-state index in [1.54, 1.807) is 0 Å². The van der Waals surface area contributed by atoms with Gasteiger partial charge in [-0.1, -0.05) is 17.3 Å². The molecule has 186 valence electrons. The van der Waals surface area contributed by atoms with Crippen molar-refractivity contribution in [3.05, 3.63) is 31.9 Å². The van der Waals surface area contributed by atoms with Crippen LogP contribution in [0.15, 0.2) is 11.3 Å². The molecule has 1 aromatic rings. The van der Waals surface area contributed by atoms with E-state index in [-0.39, 0.29) is 0 Å². The first-order valence-corrected chi connectivity index (χ1v) is 13.1. The average Bonchev–Trinajstić information content (AvgIpc) is 2.86. The number of hydrogen-bond donors (Lipinski definition) is 6. The Bertz CT molecular complexity index is 1230. The molecule has 1 saturated heterocycles. The fourth-order valence-corrected chi connectivity index (χ4v) is 5.91. The van der Waals surface area contributed by atoms with Crippen molar-refractivity contribution in [3.63, 3.8) is 0 Å². The van der Waals surface area contributed by atoms with Crippen molar-refractivity contribution < 1.29 is 65.0 Å². The second-order valence-corrected chi connectivity index (χ2v) is 11.2. The van der Waals surface area contributed by atoms with Gasteiger partial charge in [0.2, 0.25) is 5.72 Å². The summed E-state index contributed by atoms with van der Waals surface area (Å²) in [5.41, 5.74) is 5.91. The second kappa shape index (κ2) is 9.94. The van der Waals surface area contributed by atoms with Gasteiger partial charge in [0.1, 0.15) is 10.7 Å². The molecule has 2 rings (SSSR count). The third-order valence-corrected chi connectivity index (χ3v) is 8.02. The molecule has 24 heteroatoms. The van der Waals surface area contributed by atoms with Crippen LogP contribution >= 0.6 is 47.9 Å². The summed E-state index contributed by atoms with van der Waals surface area (Å²) in [5.74, 6) is -1.08. The Morgan fingerprint density at radius 3 is 2.42 bits per heavy atom. The predicted octanol–water partition coefficient (Wildman–Crippen LogP) is 1.99. The minimum Gasteiger partial charge on any atom is -0.387 e. The van der Waals surface area contributed by atoms with E-state index < -0.39 is 69.5 Å². The number of H-pyrrole nitrogens is 1. The first kappa shape index (κ1) is 28.3. The quantitative estimate of drug-likeness (QED) is 0.0806. The van der Waals surface area contributed by atoms with Crippen LogP contribution in [-0.2, 0) is 31.6 Å². The lowest BCUT2D eigenvalue weighted by Crippen LogP contribution is -2.44. The number of aliphatic hydroxyl groups excluding tert-OH is 1. The molecule has 6 atom stereocenters. The normalized spacial score (nSPS) is 29.1. The van der Waals surface area contributed by atoms with Gasteiger partial charge >= 0.3 is 23.5 Å². The molecule has 0 aromatic carbocycles. The first-order chi connectivity index (χ1) is 14.9. The molecule has 0 bridgehead atoms. The second-order valence-electron chi connectivity index (χ2n) is 5.94. The van der Waals surface area contributed by atoms with E-state index in [0.29, 0.717) is 10.8 Å². The summed E-state index contributed by atoms with van der Waals surface area (Å²) in [5, 5.41) is 13.2. The Balaban J connectivity index is 2.32. The zero-order valence-electron chi connectivity index (χ0n) is 15.3. The molecule has 1 aliphatic rings. The zero-order valence-corrected chi connectivity index (χ0v) is 19.6. The number of aliphatic hydroxyl groups is 1. The SMILES string of the molecule is [N-]=[N+]=N[C@]1(COP(=O)(O)OP(=O)(O)OP(=O)(O)O)O[C@@H](n2cc(F)c(=S)[nH]c2=S)C(F)[C@H]1O. The van der Waals surface area contributed by atoms with E-state index in [9.17, 15) is 32.5 Å². The van der Waals surface area contributed by atoms with Gasteiger partial charge in [0.05, 0.1) is 6.61 Å². The van der Waals surface area contributed by atoms with Crippen molar-refractivity contribution in [2.75, 3.05) is 6.61 Å². The number of aromatic amines is 1. The fourth-order valence-electron chi connectivity index (χ4n) is 2.39. The number of ether oxygens (including phenoxy) is 1. The number of hydrogen-bond acceptors (Lipinski definition) is 11. The van der Waals surface area contributed by atoms with Crippen LogP contribution in [0.5, 0.6) is 0 Å². The van der Waals surface area contributed by atoms with Gasteiger partial charge in [0, 0.05) is 11.1 Å². The van der Waals surface area contributed by atoms with Crippen LogP contribution in [0.1, 0.15) is 6.23 Å². The molecule has 0 saturated carbocycles. The Kier molecular flexibility index (Phi) is 8.52. The van der Waals surface area contributed by atoms with Crippen LogP contribution in [0.25, 0.3) is 10.4 Å². The maximum Gasteiger partial charge on any atom is 0.490 e. The van der Waals surface area contributed by atoms with Crippen LogP contribution in [0.2, 0.25) is 0 Å². The van der Waals surface area contributed by atoms with Gasteiger partial charge in [-0.25, -0.2) is 22.5 Å². The lowest BCUT2D eigenvalue weighted by atomic mass is 10.1. The Morgan fingerprint density at radius 1 is 1.27 bits per heavy atom. The van der Waals surface area contributed by atoms with Crippen LogP contribution in [0.3, 0.4) is 0 Å². The van der Waals surface area contributed by atoms with Crippen molar-refractivity contribution in [3.8, 4) is 0 Å². The van der Waals surface area contributed by atoms with Crippen molar-refractivity contribution in [1.82, 2.24) is 9.55 Å². The van der Waals surface area contributed by atoms with E-state index >= 15 is 0 Å². The third-order valence-electron chi connectivity index (χ3n) is 3.62. The van der Waals surface area contributed by atoms with Crippen molar-refractivity contribution in [2.24, 2.45) is 5.11 Å². The number of azide groups is 1. The average molecular weight is 577 g/mol. The number of nitrogens with one attached hydrogen (secondary N) is 1. The monoisotopic (exact) mass is 577 g/mol. The Hall–Kier alpha value is -0.980. The molecular weight excluding hydrogens is 565 g/mol. The third kappa shape index (κ3) is 7.02. The summed E-state index contributed by atoms with van der Waals surface area (Å²) in [7, 11) is -17.3. The summed E-state index contributed by atoms with van der Waals surface area (Å²) >= 11 is 9.48. The molecule has 1 aromatic heterocycles. The van der Waals surface area contributed by atoms with Gasteiger partial charge < -0.3 is 34.4 Å². The van der Waals surface area contributed by atoms with Crippen LogP contribution in [-0.4, -0.2) is 58.8 Å². The Morgan fingerprint density at radius 2 is 1.88 bits per heavy atom. The van der Waals surface area contributed by atoms with Gasteiger partial charge in [-0.15, -0.1) is 0 Å². The summed E-state index contributed by atoms with van der Waals surface area (Å²) in [6.07, 6.45) is -6.36. The lowest BCUT2D eigenvalue weighted by Gasteiger charge is -2.27. The smallest absolute Gasteiger partial charge is 0.387 e. The summed E-state index contributed by atoms with van der Waals surface area (Å²) in [4.78, 5) is 40.1. The largest absolute Gasteiger partial charge is 0.490 e. The topological polar surface area (TPSA) is 259 Å². The van der Waals surface area contributed by atoms with Gasteiger partial charge in [-0.2, -0.15) is 8.62 Å². The number of phosphoric acid groups is 3. The lowest BCUT2D eigenvalue weighted by molar-refractivity contribution is -0.122. The fraction of sp³-hybridized carbons (Fsp3) is 0.556.